The lowest BCUT2D eigenvalue weighted by Crippen LogP contribution is -2.16. The summed E-state index contributed by atoms with van der Waals surface area (Å²) in [4.78, 5) is 0. The predicted octanol–water partition coefficient (Wildman–Crippen LogP) is 3.98. The van der Waals surface area contributed by atoms with E-state index in [0.29, 0.717) is 29.9 Å². The maximum absolute atomic E-state index is 13.4. The van der Waals surface area contributed by atoms with Gasteiger partial charge in [0.25, 0.3) is 0 Å². The van der Waals surface area contributed by atoms with Crippen molar-refractivity contribution in [2.45, 2.75) is 38.4 Å². The Hall–Kier alpha value is -1.98. The number of halogens is 3. The second-order valence-corrected chi connectivity index (χ2v) is 5.86. The van der Waals surface area contributed by atoms with Gasteiger partial charge in [-0.15, -0.1) is 0 Å². The molecule has 22 heavy (non-hydrogen) atoms. The van der Waals surface area contributed by atoms with Gasteiger partial charge in [0.15, 0.2) is 5.82 Å². The molecule has 118 valence electrons. The summed E-state index contributed by atoms with van der Waals surface area (Å²) in [6.07, 6.45) is 1.03. The first-order chi connectivity index (χ1) is 10.4. The van der Waals surface area contributed by atoms with E-state index in [1.165, 1.54) is 12.1 Å². The van der Waals surface area contributed by atoms with Crippen molar-refractivity contribution in [2.24, 2.45) is 7.05 Å². The standard InChI is InChI=1S/C16H18F3N3/c1-9-15(10-5-12(18)7-13(19)6-10)22(2)21-16(9)20-14-4-3-11(17)8-14/h5-7,11,14H,3-4,8H2,1-2H3,(H,20,21)/t11-,14+/m1/s1. The van der Waals surface area contributed by atoms with Gasteiger partial charge in [0, 0.05) is 30.3 Å². The Balaban J connectivity index is 1.92. The Labute approximate surface area is 127 Å². The van der Waals surface area contributed by atoms with E-state index < -0.39 is 17.8 Å². The number of nitrogens with one attached hydrogen (secondary N) is 1. The lowest BCUT2D eigenvalue weighted by Gasteiger charge is -2.11. The van der Waals surface area contributed by atoms with Crippen LogP contribution in [0.15, 0.2) is 18.2 Å². The third-order valence-electron chi connectivity index (χ3n) is 4.13. The Bertz CT molecular complexity index is 676. The summed E-state index contributed by atoms with van der Waals surface area (Å²) >= 11 is 0. The summed E-state index contributed by atoms with van der Waals surface area (Å²) < 4.78 is 41.7. The summed E-state index contributed by atoms with van der Waals surface area (Å²) in [7, 11) is 1.73. The molecule has 1 aromatic carbocycles. The maximum atomic E-state index is 13.4. The fraction of sp³-hybridized carbons (Fsp3) is 0.438. The van der Waals surface area contributed by atoms with Gasteiger partial charge in [0.05, 0.1) is 5.69 Å². The number of aryl methyl sites for hydroxylation is 1. The highest BCUT2D eigenvalue weighted by Gasteiger charge is 2.26. The number of nitrogens with zero attached hydrogens (tertiary/aromatic N) is 2. The van der Waals surface area contributed by atoms with Gasteiger partial charge in [-0.1, -0.05) is 0 Å². The van der Waals surface area contributed by atoms with Gasteiger partial charge in [-0.25, -0.2) is 13.2 Å². The molecule has 0 radical (unpaired) electrons. The van der Waals surface area contributed by atoms with Crippen LogP contribution in [0, 0.1) is 18.6 Å². The van der Waals surface area contributed by atoms with Crippen molar-refractivity contribution in [1.29, 1.82) is 0 Å². The highest BCUT2D eigenvalue weighted by atomic mass is 19.1. The van der Waals surface area contributed by atoms with E-state index in [4.69, 9.17) is 0 Å². The van der Waals surface area contributed by atoms with Gasteiger partial charge in [0.1, 0.15) is 17.8 Å². The number of hydrogen-bond donors (Lipinski definition) is 1. The minimum absolute atomic E-state index is 0.0562. The van der Waals surface area contributed by atoms with Gasteiger partial charge < -0.3 is 5.32 Å². The maximum Gasteiger partial charge on any atom is 0.151 e. The van der Waals surface area contributed by atoms with Crippen molar-refractivity contribution in [3.63, 3.8) is 0 Å². The molecule has 0 aliphatic heterocycles. The van der Waals surface area contributed by atoms with Crippen molar-refractivity contribution < 1.29 is 13.2 Å². The predicted molar refractivity (Wildman–Crippen MR) is 79.5 cm³/mol. The second-order valence-electron chi connectivity index (χ2n) is 5.86. The molecule has 1 aliphatic rings. The number of aromatic nitrogens is 2. The van der Waals surface area contributed by atoms with Crippen LogP contribution in [0.5, 0.6) is 0 Å². The van der Waals surface area contributed by atoms with Gasteiger partial charge in [-0.2, -0.15) is 5.10 Å². The number of rotatable bonds is 3. The third kappa shape index (κ3) is 2.82. The van der Waals surface area contributed by atoms with Crippen molar-refractivity contribution >= 4 is 5.82 Å². The molecule has 2 atom stereocenters. The molecule has 1 fully saturated rings. The molecule has 1 aliphatic carbocycles. The molecule has 0 bridgehead atoms. The lowest BCUT2D eigenvalue weighted by atomic mass is 10.1. The van der Waals surface area contributed by atoms with E-state index in [2.05, 4.69) is 10.4 Å². The van der Waals surface area contributed by atoms with E-state index in [1.54, 1.807) is 11.7 Å². The molecule has 0 amide bonds. The summed E-state index contributed by atoms with van der Waals surface area (Å²) in [6.45, 7) is 1.84. The van der Waals surface area contributed by atoms with E-state index in [0.717, 1.165) is 18.1 Å². The number of anilines is 1. The fourth-order valence-corrected chi connectivity index (χ4v) is 3.11. The molecule has 1 aromatic heterocycles. The molecule has 0 saturated heterocycles. The molecule has 0 unspecified atom stereocenters. The lowest BCUT2D eigenvalue weighted by molar-refractivity contribution is 0.341. The van der Waals surface area contributed by atoms with Crippen LogP contribution in [0.4, 0.5) is 19.0 Å². The van der Waals surface area contributed by atoms with Crippen molar-refractivity contribution in [1.82, 2.24) is 9.78 Å². The van der Waals surface area contributed by atoms with Crippen LogP contribution >= 0.6 is 0 Å². The summed E-state index contributed by atoms with van der Waals surface area (Å²) in [6, 6.07) is 3.46. The molecule has 3 nitrogen and oxygen atoms in total. The van der Waals surface area contributed by atoms with Gasteiger partial charge in [0.2, 0.25) is 0 Å². The van der Waals surface area contributed by atoms with Gasteiger partial charge >= 0.3 is 0 Å². The first kappa shape index (κ1) is 14.9. The van der Waals surface area contributed by atoms with Crippen molar-refractivity contribution in [3.8, 4) is 11.3 Å². The molecule has 1 saturated carbocycles. The minimum atomic E-state index is -0.765. The van der Waals surface area contributed by atoms with Crippen LogP contribution in [0.3, 0.4) is 0 Å². The largest absolute Gasteiger partial charge is 0.366 e. The quantitative estimate of drug-likeness (QED) is 0.929. The van der Waals surface area contributed by atoms with Crippen LogP contribution in [0.25, 0.3) is 11.3 Å². The van der Waals surface area contributed by atoms with Crippen LogP contribution in [-0.2, 0) is 7.05 Å². The van der Waals surface area contributed by atoms with Crippen LogP contribution < -0.4 is 5.32 Å². The number of benzene rings is 1. The van der Waals surface area contributed by atoms with E-state index in [-0.39, 0.29) is 6.04 Å². The van der Waals surface area contributed by atoms with Crippen molar-refractivity contribution in [2.75, 3.05) is 5.32 Å². The van der Waals surface area contributed by atoms with E-state index in [9.17, 15) is 13.2 Å². The zero-order chi connectivity index (χ0) is 15.9. The molecule has 3 rings (SSSR count). The zero-order valence-corrected chi connectivity index (χ0v) is 12.5. The Morgan fingerprint density at radius 2 is 1.86 bits per heavy atom. The number of hydrogen-bond acceptors (Lipinski definition) is 2. The highest BCUT2D eigenvalue weighted by Crippen LogP contribution is 2.31. The molecule has 1 N–H and O–H groups in total. The summed E-state index contributed by atoms with van der Waals surface area (Å²) in [5.41, 5.74) is 1.89. The van der Waals surface area contributed by atoms with Crippen LogP contribution in [0.1, 0.15) is 24.8 Å². The monoisotopic (exact) mass is 309 g/mol. The second kappa shape index (κ2) is 5.66. The zero-order valence-electron chi connectivity index (χ0n) is 12.5. The Morgan fingerprint density at radius 3 is 2.45 bits per heavy atom. The molecular weight excluding hydrogens is 291 g/mol. The van der Waals surface area contributed by atoms with Crippen LogP contribution in [-0.4, -0.2) is 22.0 Å². The summed E-state index contributed by atoms with van der Waals surface area (Å²) in [5.74, 6) is -0.608. The Kier molecular flexibility index (Phi) is 3.85. The topological polar surface area (TPSA) is 29.9 Å². The SMILES string of the molecule is Cc1c(N[C@H]2CC[C@@H](F)C2)nn(C)c1-c1cc(F)cc(F)c1. The first-order valence-corrected chi connectivity index (χ1v) is 7.34. The van der Waals surface area contributed by atoms with E-state index >= 15 is 0 Å². The molecule has 6 heteroatoms. The fourth-order valence-electron chi connectivity index (χ4n) is 3.11. The highest BCUT2D eigenvalue weighted by molar-refractivity contribution is 5.69. The number of alkyl halides is 1. The average Bonchev–Trinajstić information content (AvgIpc) is 2.93. The molecular formula is C16H18F3N3. The Morgan fingerprint density at radius 1 is 1.18 bits per heavy atom. The smallest absolute Gasteiger partial charge is 0.151 e. The third-order valence-corrected chi connectivity index (χ3v) is 4.13. The van der Waals surface area contributed by atoms with E-state index in [1.807, 2.05) is 6.92 Å². The van der Waals surface area contributed by atoms with Gasteiger partial charge in [-0.3, -0.25) is 4.68 Å². The first-order valence-electron chi connectivity index (χ1n) is 7.34. The molecule has 0 spiro atoms. The average molecular weight is 309 g/mol. The van der Waals surface area contributed by atoms with Crippen molar-refractivity contribution in [3.05, 3.63) is 35.4 Å². The van der Waals surface area contributed by atoms with Crippen LogP contribution in [0.2, 0.25) is 0 Å². The minimum Gasteiger partial charge on any atom is -0.366 e. The van der Waals surface area contributed by atoms with Gasteiger partial charge in [-0.05, 0) is 38.3 Å². The normalized spacial score (nSPS) is 21.3. The summed E-state index contributed by atoms with van der Waals surface area (Å²) in [5, 5.41) is 7.61. The molecule has 1 heterocycles. The molecule has 2 aromatic rings.